The second-order valence-corrected chi connectivity index (χ2v) is 7.86. The number of fused-ring (bicyclic) bond motifs is 1. The monoisotopic (exact) mass is 455 g/mol. The molecule has 34 heavy (non-hydrogen) atoms. The van der Waals surface area contributed by atoms with E-state index in [1.807, 2.05) is 74.5 Å². The number of carbonyl (C=O) groups is 1. The SMILES string of the molecule is Cc1ccc(NC(=O)/C=C/c2ccc(OCCOc3ccc4c(C)cc(=O)oc4c3)cc2)cc1. The number of aryl methyl sites for hydroxylation is 2. The van der Waals surface area contributed by atoms with E-state index in [2.05, 4.69) is 5.32 Å². The highest BCUT2D eigenvalue weighted by Gasteiger charge is 2.04. The van der Waals surface area contributed by atoms with Crippen LogP contribution in [0.25, 0.3) is 17.0 Å². The smallest absolute Gasteiger partial charge is 0.336 e. The Morgan fingerprint density at radius 3 is 2.29 bits per heavy atom. The molecule has 0 fully saturated rings. The molecule has 1 amide bonds. The summed E-state index contributed by atoms with van der Waals surface area (Å²) in [6.45, 7) is 4.56. The molecule has 0 aliphatic heterocycles. The molecule has 0 spiro atoms. The molecular formula is C28H25NO5. The standard InChI is InChI=1S/C28H25NO5/c1-19-3-8-22(9-4-19)29-27(30)14-7-21-5-10-23(11-6-21)32-15-16-33-24-12-13-25-20(2)17-28(31)34-26(25)18-24/h3-14,17-18H,15-16H2,1-2H3,(H,29,30)/b14-7+. The first kappa shape index (κ1) is 22.9. The number of rotatable bonds is 8. The van der Waals surface area contributed by atoms with Crippen molar-refractivity contribution in [3.8, 4) is 11.5 Å². The Labute approximate surface area is 197 Å². The average Bonchev–Trinajstić information content (AvgIpc) is 2.82. The van der Waals surface area contributed by atoms with Gasteiger partial charge in [0.2, 0.25) is 5.91 Å². The van der Waals surface area contributed by atoms with Crippen LogP contribution >= 0.6 is 0 Å². The number of carbonyl (C=O) groups excluding carboxylic acids is 1. The summed E-state index contributed by atoms with van der Waals surface area (Å²) < 4.78 is 16.7. The molecule has 1 N–H and O–H groups in total. The lowest BCUT2D eigenvalue weighted by atomic mass is 10.1. The number of nitrogens with one attached hydrogen (secondary N) is 1. The Bertz CT molecular complexity index is 1370. The van der Waals surface area contributed by atoms with Crippen molar-refractivity contribution in [2.45, 2.75) is 13.8 Å². The van der Waals surface area contributed by atoms with Crippen LogP contribution in [0.3, 0.4) is 0 Å². The molecule has 0 bridgehead atoms. The molecule has 0 aliphatic carbocycles. The van der Waals surface area contributed by atoms with Gasteiger partial charge in [-0.1, -0.05) is 29.8 Å². The zero-order chi connectivity index (χ0) is 23.9. The molecule has 4 rings (SSSR count). The van der Waals surface area contributed by atoms with Crippen molar-refractivity contribution in [1.82, 2.24) is 0 Å². The molecule has 0 unspecified atom stereocenters. The van der Waals surface area contributed by atoms with Gasteiger partial charge in [0.05, 0.1) is 0 Å². The minimum absolute atomic E-state index is 0.190. The summed E-state index contributed by atoms with van der Waals surface area (Å²) in [5, 5.41) is 3.71. The highest BCUT2D eigenvalue weighted by Crippen LogP contribution is 2.22. The summed E-state index contributed by atoms with van der Waals surface area (Å²) in [4.78, 5) is 23.6. The molecule has 6 heteroatoms. The maximum Gasteiger partial charge on any atom is 0.336 e. The van der Waals surface area contributed by atoms with Gasteiger partial charge in [0, 0.05) is 29.3 Å². The molecule has 0 saturated heterocycles. The van der Waals surface area contributed by atoms with Crippen LogP contribution in [0.2, 0.25) is 0 Å². The Hall–Kier alpha value is -4.32. The summed E-state index contributed by atoms with van der Waals surface area (Å²) in [6, 6.07) is 22.0. The van der Waals surface area contributed by atoms with Crippen molar-refractivity contribution in [2.75, 3.05) is 18.5 Å². The van der Waals surface area contributed by atoms with Gasteiger partial charge >= 0.3 is 5.63 Å². The fourth-order valence-corrected chi connectivity index (χ4v) is 3.38. The lowest BCUT2D eigenvalue weighted by Gasteiger charge is -2.09. The first-order valence-corrected chi connectivity index (χ1v) is 10.9. The summed E-state index contributed by atoms with van der Waals surface area (Å²) in [5.74, 6) is 1.11. The Balaban J connectivity index is 1.24. The van der Waals surface area contributed by atoms with Crippen molar-refractivity contribution >= 4 is 28.6 Å². The van der Waals surface area contributed by atoms with E-state index in [9.17, 15) is 9.59 Å². The van der Waals surface area contributed by atoms with Crippen LogP contribution in [0.1, 0.15) is 16.7 Å². The molecule has 6 nitrogen and oxygen atoms in total. The van der Waals surface area contributed by atoms with E-state index >= 15 is 0 Å². The number of amides is 1. The molecule has 172 valence electrons. The number of hydrogen-bond donors (Lipinski definition) is 1. The van der Waals surface area contributed by atoms with Crippen LogP contribution in [0.5, 0.6) is 11.5 Å². The summed E-state index contributed by atoms with van der Waals surface area (Å²) in [6.07, 6.45) is 3.24. The largest absolute Gasteiger partial charge is 0.490 e. The van der Waals surface area contributed by atoms with Crippen LogP contribution in [-0.4, -0.2) is 19.1 Å². The third-order valence-corrected chi connectivity index (χ3v) is 5.17. The fourth-order valence-electron chi connectivity index (χ4n) is 3.38. The number of benzene rings is 3. The number of ether oxygens (including phenoxy) is 2. The predicted molar refractivity (Wildman–Crippen MR) is 133 cm³/mol. The van der Waals surface area contributed by atoms with Gasteiger partial charge in [-0.2, -0.15) is 0 Å². The second-order valence-electron chi connectivity index (χ2n) is 7.86. The molecule has 0 aliphatic rings. The van der Waals surface area contributed by atoms with E-state index in [1.165, 1.54) is 12.1 Å². The Morgan fingerprint density at radius 2 is 1.56 bits per heavy atom. The third kappa shape index (κ3) is 6.13. The Morgan fingerprint density at radius 1 is 0.882 bits per heavy atom. The van der Waals surface area contributed by atoms with E-state index in [0.717, 1.165) is 27.8 Å². The van der Waals surface area contributed by atoms with Crippen LogP contribution < -0.4 is 20.4 Å². The lowest BCUT2D eigenvalue weighted by molar-refractivity contribution is -0.111. The lowest BCUT2D eigenvalue weighted by Crippen LogP contribution is -2.09. The van der Waals surface area contributed by atoms with Crippen LogP contribution in [-0.2, 0) is 4.79 Å². The average molecular weight is 456 g/mol. The van der Waals surface area contributed by atoms with Crippen LogP contribution in [0.15, 0.2) is 88.1 Å². The molecule has 1 aromatic heterocycles. The molecule has 4 aromatic rings. The van der Waals surface area contributed by atoms with E-state index < -0.39 is 0 Å². The summed E-state index contributed by atoms with van der Waals surface area (Å²) in [7, 11) is 0. The van der Waals surface area contributed by atoms with Gasteiger partial charge in [-0.25, -0.2) is 4.79 Å². The van der Waals surface area contributed by atoms with Crippen LogP contribution in [0.4, 0.5) is 5.69 Å². The predicted octanol–water partition coefficient (Wildman–Crippen LogP) is 5.52. The van der Waals surface area contributed by atoms with E-state index in [4.69, 9.17) is 13.9 Å². The van der Waals surface area contributed by atoms with Crippen molar-refractivity contribution in [3.05, 3.63) is 106 Å². The van der Waals surface area contributed by atoms with E-state index in [-0.39, 0.29) is 11.5 Å². The van der Waals surface area contributed by atoms with E-state index in [1.54, 1.807) is 12.1 Å². The van der Waals surface area contributed by atoms with Crippen LogP contribution in [0, 0.1) is 13.8 Å². The van der Waals surface area contributed by atoms with Crippen molar-refractivity contribution < 1.29 is 18.7 Å². The minimum atomic E-state index is -0.379. The maximum absolute atomic E-state index is 12.1. The highest BCUT2D eigenvalue weighted by molar-refractivity contribution is 6.01. The van der Waals surface area contributed by atoms with Crippen molar-refractivity contribution in [1.29, 1.82) is 0 Å². The van der Waals surface area contributed by atoms with Gasteiger partial charge < -0.3 is 19.2 Å². The zero-order valence-electron chi connectivity index (χ0n) is 19.0. The van der Waals surface area contributed by atoms with Gasteiger partial charge in [0.25, 0.3) is 0 Å². The van der Waals surface area contributed by atoms with Gasteiger partial charge in [-0.15, -0.1) is 0 Å². The van der Waals surface area contributed by atoms with Gasteiger partial charge in [0.1, 0.15) is 30.3 Å². The van der Waals surface area contributed by atoms with Crippen molar-refractivity contribution in [2.24, 2.45) is 0 Å². The first-order chi connectivity index (χ1) is 16.5. The van der Waals surface area contributed by atoms with Gasteiger partial charge in [-0.3, -0.25) is 4.79 Å². The molecular weight excluding hydrogens is 430 g/mol. The number of hydrogen-bond acceptors (Lipinski definition) is 5. The second kappa shape index (κ2) is 10.5. The molecule has 0 atom stereocenters. The Kier molecular flexibility index (Phi) is 7.08. The molecule has 3 aromatic carbocycles. The maximum atomic E-state index is 12.1. The molecule has 0 saturated carbocycles. The summed E-state index contributed by atoms with van der Waals surface area (Å²) in [5.41, 5.74) is 3.77. The number of anilines is 1. The van der Waals surface area contributed by atoms with Crippen molar-refractivity contribution in [3.63, 3.8) is 0 Å². The zero-order valence-corrected chi connectivity index (χ0v) is 19.0. The highest BCUT2D eigenvalue weighted by atomic mass is 16.5. The topological polar surface area (TPSA) is 77.8 Å². The normalized spacial score (nSPS) is 11.0. The fraction of sp³-hybridized carbons (Fsp3) is 0.143. The summed E-state index contributed by atoms with van der Waals surface area (Å²) >= 11 is 0. The van der Waals surface area contributed by atoms with Gasteiger partial charge in [-0.05, 0) is 67.4 Å². The third-order valence-electron chi connectivity index (χ3n) is 5.17. The molecule has 1 heterocycles. The van der Waals surface area contributed by atoms with E-state index in [0.29, 0.717) is 30.3 Å². The quantitative estimate of drug-likeness (QED) is 0.215. The van der Waals surface area contributed by atoms with Gasteiger partial charge in [0.15, 0.2) is 0 Å². The minimum Gasteiger partial charge on any atom is -0.490 e. The molecule has 0 radical (unpaired) electrons. The first-order valence-electron chi connectivity index (χ1n) is 10.9.